The van der Waals surface area contributed by atoms with Gasteiger partial charge in [0.15, 0.2) is 0 Å². The maximum atomic E-state index is 11.2. The van der Waals surface area contributed by atoms with Gasteiger partial charge in [-0.05, 0) is 136 Å². The highest BCUT2D eigenvalue weighted by atomic mass is 79.9. The number of ketones is 1. The number of hydrogen-bond donors (Lipinski definition) is 5. The third-order valence-corrected chi connectivity index (χ3v) is 11.8. The Morgan fingerprint density at radius 1 is 0.838 bits per heavy atom. The Bertz CT molecular complexity index is 2300. The second kappa shape index (κ2) is 37.7. The number of hydrazone groups is 1. The van der Waals surface area contributed by atoms with E-state index in [9.17, 15) is 14.4 Å². The van der Waals surface area contributed by atoms with Crippen molar-refractivity contribution in [3.8, 4) is 17.3 Å². The van der Waals surface area contributed by atoms with Gasteiger partial charge in [-0.15, -0.1) is 24.8 Å². The minimum Gasteiger partial charge on any atom is -0.506 e. The number of ether oxygens (including phenoxy) is 3. The molecule has 0 radical (unpaired) electrons. The van der Waals surface area contributed by atoms with E-state index in [0.717, 1.165) is 71.6 Å². The Morgan fingerprint density at radius 2 is 1.32 bits per heavy atom. The van der Waals surface area contributed by atoms with Crippen molar-refractivity contribution in [2.75, 3.05) is 19.4 Å². The van der Waals surface area contributed by atoms with Gasteiger partial charge in [-0.25, -0.2) is 25.2 Å². The third kappa shape index (κ3) is 28.0. The van der Waals surface area contributed by atoms with Gasteiger partial charge in [0.1, 0.15) is 34.3 Å². The van der Waals surface area contributed by atoms with Gasteiger partial charge < -0.3 is 25.7 Å². The van der Waals surface area contributed by atoms with E-state index in [1.165, 1.54) is 58.5 Å². The van der Waals surface area contributed by atoms with Crippen LogP contribution in [0.5, 0.6) is 0 Å². The van der Waals surface area contributed by atoms with E-state index in [0.29, 0.717) is 46.4 Å². The van der Waals surface area contributed by atoms with Gasteiger partial charge in [0.05, 0.1) is 38.9 Å². The number of anilines is 1. The number of benzene rings is 2. The third-order valence-electron chi connectivity index (χ3n) is 10.8. The minimum atomic E-state index is -0.475. The monoisotopic (exact) mass is 1190 g/mol. The fraction of sp³-hybridized carbons (Fsp3) is 0.547. The van der Waals surface area contributed by atoms with Crippen LogP contribution in [0.2, 0.25) is 0 Å². The second-order valence-electron chi connectivity index (χ2n) is 18.9. The summed E-state index contributed by atoms with van der Waals surface area (Å²) >= 11 is 6.72. The molecule has 17 nitrogen and oxygen atoms in total. The van der Waals surface area contributed by atoms with Crippen molar-refractivity contribution in [1.82, 2.24) is 20.6 Å². The van der Waals surface area contributed by atoms with Crippen LogP contribution in [-0.4, -0.2) is 64.2 Å². The molecule has 0 saturated heterocycles. The maximum Gasteiger partial charge on any atom is 0.428 e. The van der Waals surface area contributed by atoms with Crippen molar-refractivity contribution in [1.29, 1.82) is 5.26 Å². The molecule has 0 aliphatic heterocycles. The Kier molecular flexibility index (Phi) is 36.1. The molecule has 21 heteroatoms. The van der Waals surface area contributed by atoms with Crippen molar-refractivity contribution in [2.45, 2.75) is 175 Å². The van der Waals surface area contributed by atoms with Gasteiger partial charge >= 0.3 is 17.8 Å². The fourth-order valence-corrected chi connectivity index (χ4v) is 7.95. The van der Waals surface area contributed by atoms with Crippen LogP contribution in [0.25, 0.3) is 26.7 Å². The van der Waals surface area contributed by atoms with Crippen LogP contribution < -0.4 is 28.2 Å². The zero-order valence-corrected chi connectivity index (χ0v) is 48.0. The van der Waals surface area contributed by atoms with Gasteiger partial charge in [-0.2, -0.15) is 10.2 Å². The average molecular weight is 1200 g/mol. The molecule has 4 saturated carbocycles. The number of methoxy groups -OCH3 is 1. The standard InChI is InChI=1S/C15H15BrN4.C11H7BrN2O.C10H18N2O2.C6H13NO2.C5H12N2.C5H8O.CH4.2ClH/c1-18-14-13(10-6-8-11(16)9-7-10)19-20(15(14)17)12-4-2-3-5-12;1-14-10(7-13)11(15-2)8-3-5-9(12)6-4-8;1-10(2,3)14-9(13)12-11-8-6-4-5-7-8;1-6(2,3)9-5(8)4-7;6-7-5-3-1-2-4-5;6-5-3-1-2-4-5;;;/h6-9,12H,2-5,17H2;3-6H,2H3;4-7H2,1-3H3,(H,12,13);4,7H2,1-3H3;5,7H,1-4,6H2;1-4H2;1H4;2*1H/b;11-10+;;;;;;;. The maximum absolute atomic E-state index is 11.2. The summed E-state index contributed by atoms with van der Waals surface area (Å²) in [6.07, 6.45) is 17.7. The van der Waals surface area contributed by atoms with Gasteiger partial charge in [0.25, 0.3) is 5.69 Å². The van der Waals surface area contributed by atoms with E-state index in [4.69, 9.17) is 49.9 Å². The smallest absolute Gasteiger partial charge is 0.428 e. The van der Waals surface area contributed by atoms with Crippen LogP contribution in [0, 0.1) is 24.5 Å². The summed E-state index contributed by atoms with van der Waals surface area (Å²) in [5.41, 5.74) is 19.3. The van der Waals surface area contributed by atoms with Gasteiger partial charge in [-0.1, -0.05) is 89.2 Å². The van der Waals surface area contributed by atoms with Crippen LogP contribution >= 0.6 is 56.7 Å². The summed E-state index contributed by atoms with van der Waals surface area (Å²) in [6, 6.07) is 17.8. The zero-order chi connectivity index (χ0) is 53.0. The summed E-state index contributed by atoms with van der Waals surface area (Å²) in [5.74, 6) is 6.09. The number of nitrogen functional groups attached to an aromatic ring is 1. The SMILES string of the molecule is C.CC(C)(C)OC(=O)CN.CC(C)(C)OC(=O)NN=C1CCCC1.Cl.Cl.NNC1CCCC1.O=C1CCCC1.[C-]#[N+]/C(C#N)=C(/OC)c1ccc(Br)cc1.[C-]#[N+]c1c(-c2ccc(Br)cc2)nn(C2CCCC2)c1N. The number of aromatic nitrogens is 2. The number of nitrogens with two attached hydrogens (primary N) is 3. The molecule has 74 heavy (non-hydrogen) atoms. The molecule has 0 spiro atoms. The first-order valence-electron chi connectivity index (χ1n) is 24.0. The Balaban J connectivity index is 0. The van der Waals surface area contributed by atoms with E-state index in [-0.39, 0.29) is 50.5 Å². The molecule has 410 valence electrons. The van der Waals surface area contributed by atoms with Crippen LogP contribution in [-0.2, 0) is 23.8 Å². The quantitative estimate of drug-likeness (QED) is 0.0370. The molecule has 1 amide bonds. The molecule has 4 aliphatic rings. The topological polar surface area (TPSA) is 244 Å². The second-order valence-corrected chi connectivity index (χ2v) is 20.7. The van der Waals surface area contributed by atoms with Crippen molar-refractivity contribution in [3.05, 3.63) is 91.6 Å². The van der Waals surface area contributed by atoms with E-state index in [1.807, 2.05) is 61.9 Å². The van der Waals surface area contributed by atoms with Crippen molar-refractivity contribution in [3.63, 3.8) is 0 Å². The van der Waals surface area contributed by atoms with E-state index in [1.54, 1.807) is 39.0 Å². The van der Waals surface area contributed by atoms with E-state index >= 15 is 0 Å². The Labute approximate surface area is 469 Å². The number of halogens is 4. The molecule has 0 unspecified atom stereocenters. The lowest BCUT2D eigenvalue weighted by molar-refractivity contribution is -0.152. The molecule has 4 aliphatic carbocycles. The number of nitrogens with one attached hydrogen (secondary N) is 2. The number of hydrazine groups is 1. The molecular formula is C53H79Br2Cl2N11O6. The van der Waals surface area contributed by atoms with Crippen LogP contribution in [0.3, 0.4) is 0 Å². The van der Waals surface area contributed by atoms with Gasteiger partial charge in [0.2, 0.25) is 0 Å². The number of allylic oxidation sites excluding steroid dienone is 1. The number of amides is 1. The molecular weight excluding hydrogens is 1120 g/mol. The fourth-order valence-electron chi connectivity index (χ4n) is 7.42. The molecule has 1 aromatic heterocycles. The average Bonchev–Trinajstić information content (AvgIpc) is 4.20. The van der Waals surface area contributed by atoms with Crippen molar-refractivity contribution >= 4 is 97.5 Å². The first kappa shape index (κ1) is 71.0. The zero-order valence-electron chi connectivity index (χ0n) is 43.2. The molecule has 1 heterocycles. The number of hydrogen-bond acceptors (Lipinski definition) is 13. The molecule has 0 bridgehead atoms. The summed E-state index contributed by atoms with van der Waals surface area (Å²) < 4.78 is 18.7. The summed E-state index contributed by atoms with van der Waals surface area (Å²) in [7, 11) is 1.44. The first-order valence-corrected chi connectivity index (χ1v) is 25.5. The minimum absolute atomic E-state index is 0. The first-order chi connectivity index (χ1) is 33.7. The lowest BCUT2D eigenvalue weighted by atomic mass is 10.1. The van der Waals surface area contributed by atoms with Crippen molar-refractivity contribution < 1.29 is 28.6 Å². The predicted molar refractivity (Wildman–Crippen MR) is 308 cm³/mol. The van der Waals surface area contributed by atoms with Crippen LogP contribution in [0.4, 0.5) is 16.3 Å². The number of carbonyl (C=O) groups excluding carboxylic acids is 3. The molecule has 0 atom stereocenters. The Hall–Kier alpha value is -5.04. The normalized spacial score (nSPS) is 14.9. The number of carbonyl (C=O) groups is 3. The molecule has 3 aromatic rings. The number of Topliss-reactive ketones (excluding diaryl/α,β-unsaturated/α-hetero) is 1. The van der Waals surface area contributed by atoms with E-state index < -0.39 is 17.3 Å². The lowest BCUT2D eigenvalue weighted by Gasteiger charge is -2.18. The molecule has 7 rings (SSSR count). The predicted octanol–water partition coefficient (Wildman–Crippen LogP) is 13.5. The summed E-state index contributed by atoms with van der Waals surface area (Å²) in [6.45, 7) is 25.1. The number of esters is 1. The summed E-state index contributed by atoms with van der Waals surface area (Å²) in [4.78, 5) is 38.6. The van der Waals surface area contributed by atoms with Gasteiger partial charge in [-0.3, -0.25) is 25.5 Å². The lowest BCUT2D eigenvalue weighted by Crippen LogP contribution is -2.32. The number of nitriles is 1. The Morgan fingerprint density at radius 3 is 1.70 bits per heavy atom. The highest BCUT2D eigenvalue weighted by molar-refractivity contribution is 9.10. The van der Waals surface area contributed by atoms with Crippen molar-refractivity contribution in [2.24, 2.45) is 16.7 Å². The van der Waals surface area contributed by atoms with Crippen LogP contribution in [0.1, 0.15) is 163 Å². The largest absolute Gasteiger partial charge is 0.506 e. The van der Waals surface area contributed by atoms with Gasteiger partial charge in [0, 0.05) is 39.1 Å². The molecule has 2 aromatic carbocycles. The number of rotatable bonds is 7. The number of nitrogens with zero attached hydrogens (tertiary/aromatic N) is 6. The molecule has 4 fully saturated rings. The van der Waals surface area contributed by atoms with E-state index in [2.05, 4.69) is 62.6 Å². The summed E-state index contributed by atoms with van der Waals surface area (Å²) in [5, 5.41) is 17.4. The van der Waals surface area contributed by atoms with Crippen LogP contribution in [0.15, 0.2) is 68.3 Å². The highest BCUT2D eigenvalue weighted by Crippen LogP contribution is 2.40. The molecule has 8 N–H and O–H groups in total. The highest BCUT2D eigenvalue weighted by Gasteiger charge is 2.25.